The van der Waals surface area contributed by atoms with Crippen molar-refractivity contribution in [1.82, 2.24) is 4.98 Å². The first-order valence-electron chi connectivity index (χ1n) is 4.92. The minimum atomic E-state index is -0.371. The second-order valence-corrected chi connectivity index (χ2v) is 4.14. The van der Waals surface area contributed by atoms with E-state index in [1.165, 1.54) is 7.11 Å². The summed E-state index contributed by atoms with van der Waals surface area (Å²) in [7, 11) is 1.36. The summed E-state index contributed by atoms with van der Waals surface area (Å²) in [5.74, 6) is -0.371. The molecule has 0 atom stereocenters. The van der Waals surface area contributed by atoms with Crippen LogP contribution in [0, 0.1) is 13.8 Å². The van der Waals surface area contributed by atoms with Crippen LogP contribution >= 0.6 is 11.6 Å². The minimum Gasteiger partial charge on any atom is -0.464 e. The Kier molecular flexibility index (Phi) is 2.64. The molecule has 0 amide bonds. The summed E-state index contributed by atoms with van der Waals surface area (Å²) in [6.45, 7) is 3.83. The molecule has 0 unspecified atom stereocenters. The second kappa shape index (κ2) is 3.83. The maximum absolute atomic E-state index is 11.5. The summed E-state index contributed by atoms with van der Waals surface area (Å²) in [6, 6.07) is 3.75. The lowest BCUT2D eigenvalue weighted by atomic mass is 10.1. The molecule has 1 aromatic carbocycles. The molecule has 2 aromatic rings. The van der Waals surface area contributed by atoms with E-state index < -0.39 is 0 Å². The second-order valence-electron chi connectivity index (χ2n) is 3.73. The van der Waals surface area contributed by atoms with Gasteiger partial charge in [0.1, 0.15) is 5.69 Å². The number of fused-ring (bicyclic) bond motifs is 1. The van der Waals surface area contributed by atoms with Gasteiger partial charge in [-0.1, -0.05) is 17.7 Å². The molecule has 0 bridgehead atoms. The van der Waals surface area contributed by atoms with Crippen molar-refractivity contribution in [2.45, 2.75) is 13.8 Å². The molecule has 0 spiro atoms. The Balaban J connectivity index is 2.82. The Bertz CT molecular complexity index is 572. The van der Waals surface area contributed by atoms with Crippen molar-refractivity contribution in [1.29, 1.82) is 0 Å². The Morgan fingerprint density at radius 1 is 1.38 bits per heavy atom. The zero-order valence-electron chi connectivity index (χ0n) is 9.35. The van der Waals surface area contributed by atoms with Gasteiger partial charge in [-0.3, -0.25) is 0 Å². The van der Waals surface area contributed by atoms with Gasteiger partial charge in [-0.25, -0.2) is 4.79 Å². The molecular weight excluding hydrogens is 226 g/mol. The van der Waals surface area contributed by atoms with Crippen molar-refractivity contribution < 1.29 is 9.53 Å². The summed E-state index contributed by atoms with van der Waals surface area (Å²) in [5, 5.41) is 1.53. The van der Waals surface area contributed by atoms with Crippen molar-refractivity contribution in [2.75, 3.05) is 7.11 Å². The maximum atomic E-state index is 11.5. The van der Waals surface area contributed by atoms with Crippen molar-refractivity contribution in [3.05, 3.63) is 34.0 Å². The molecule has 1 aromatic heterocycles. The third-order valence-electron chi connectivity index (χ3n) is 2.75. The van der Waals surface area contributed by atoms with Gasteiger partial charge in [-0.15, -0.1) is 0 Å². The van der Waals surface area contributed by atoms with Gasteiger partial charge in [0, 0.05) is 5.39 Å². The third-order valence-corrected chi connectivity index (χ3v) is 3.07. The normalized spacial score (nSPS) is 10.8. The zero-order chi connectivity index (χ0) is 11.9. The average Bonchev–Trinajstić information content (AvgIpc) is 2.62. The van der Waals surface area contributed by atoms with Gasteiger partial charge >= 0.3 is 5.97 Å². The molecule has 84 valence electrons. The topological polar surface area (TPSA) is 42.1 Å². The summed E-state index contributed by atoms with van der Waals surface area (Å²) < 4.78 is 4.71. The van der Waals surface area contributed by atoms with Crippen molar-refractivity contribution in [3.8, 4) is 0 Å². The largest absolute Gasteiger partial charge is 0.464 e. The lowest BCUT2D eigenvalue weighted by Gasteiger charge is -1.98. The average molecular weight is 238 g/mol. The van der Waals surface area contributed by atoms with E-state index in [1.54, 1.807) is 0 Å². The number of halogens is 1. The van der Waals surface area contributed by atoms with Crippen molar-refractivity contribution in [2.24, 2.45) is 0 Å². The first-order chi connectivity index (χ1) is 7.56. The van der Waals surface area contributed by atoms with E-state index in [0.717, 1.165) is 22.0 Å². The summed E-state index contributed by atoms with van der Waals surface area (Å²) >= 11 is 6.12. The van der Waals surface area contributed by atoms with Crippen molar-refractivity contribution in [3.63, 3.8) is 0 Å². The van der Waals surface area contributed by atoms with E-state index in [2.05, 4.69) is 4.98 Å². The van der Waals surface area contributed by atoms with Gasteiger partial charge < -0.3 is 9.72 Å². The molecule has 0 radical (unpaired) electrons. The highest BCUT2D eigenvalue weighted by atomic mass is 35.5. The highest BCUT2D eigenvalue weighted by molar-refractivity contribution is 6.36. The van der Waals surface area contributed by atoms with Crippen LogP contribution < -0.4 is 0 Å². The Morgan fingerprint density at radius 2 is 2.06 bits per heavy atom. The van der Waals surface area contributed by atoms with E-state index in [1.807, 2.05) is 26.0 Å². The quantitative estimate of drug-likeness (QED) is 0.774. The molecule has 0 fully saturated rings. The number of aromatic amines is 1. The fourth-order valence-electron chi connectivity index (χ4n) is 1.86. The number of nitrogens with one attached hydrogen (secondary N) is 1. The Hall–Kier alpha value is -1.48. The van der Waals surface area contributed by atoms with E-state index in [0.29, 0.717) is 10.7 Å². The summed E-state index contributed by atoms with van der Waals surface area (Å²) in [4.78, 5) is 14.6. The monoisotopic (exact) mass is 237 g/mol. The molecule has 0 aliphatic carbocycles. The lowest BCUT2D eigenvalue weighted by Crippen LogP contribution is -2.03. The molecule has 0 saturated heterocycles. The third kappa shape index (κ3) is 1.48. The molecule has 0 saturated carbocycles. The fraction of sp³-hybridized carbons (Fsp3) is 0.250. The number of rotatable bonds is 1. The number of hydrogen-bond acceptors (Lipinski definition) is 2. The van der Waals surface area contributed by atoms with Crippen LogP contribution in [0.3, 0.4) is 0 Å². The van der Waals surface area contributed by atoms with Crippen LogP contribution in [-0.4, -0.2) is 18.1 Å². The van der Waals surface area contributed by atoms with Crippen LogP contribution in [0.15, 0.2) is 12.1 Å². The highest BCUT2D eigenvalue weighted by Crippen LogP contribution is 2.31. The molecule has 4 heteroatoms. The molecule has 0 aliphatic rings. The van der Waals surface area contributed by atoms with Crippen LogP contribution in [0.5, 0.6) is 0 Å². The number of aromatic nitrogens is 1. The van der Waals surface area contributed by atoms with E-state index >= 15 is 0 Å². The standard InChI is InChI=1S/C12H12ClNO2/c1-6-4-5-8(13)9-7(2)11(12(15)16-3)14-10(6)9/h4-5,14H,1-3H3. The van der Waals surface area contributed by atoms with Crippen LogP contribution in [0.4, 0.5) is 0 Å². The van der Waals surface area contributed by atoms with E-state index in [-0.39, 0.29) is 5.97 Å². The molecule has 1 N–H and O–H groups in total. The predicted octanol–water partition coefficient (Wildman–Crippen LogP) is 3.22. The number of carbonyl (C=O) groups is 1. The lowest BCUT2D eigenvalue weighted by molar-refractivity contribution is 0.0594. The minimum absolute atomic E-state index is 0.371. The number of carbonyl (C=O) groups excluding carboxylic acids is 1. The molecule has 2 rings (SSSR count). The summed E-state index contributed by atoms with van der Waals surface area (Å²) in [5.41, 5.74) is 3.24. The van der Waals surface area contributed by atoms with Gasteiger partial charge in [-0.2, -0.15) is 0 Å². The number of methoxy groups -OCH3 is 1. The van der Waals surface area contributed by atoms with Crippen LogP contribution in [0.1, 0.15) is 21.6 Å². The number of ether oxygens (including phenoxy) is 1. The van der Waals surface area contributed by atoms with Gasteiger partial charge in [0.2, 0.25) is 0 Å². The first-order valence-corrected chi connectivity index (χ1v) is 5.29. The predicted molar refractivity (Wildman–Crippen MR) is 64.1 cm³/mol. The number of H-pyrrole nitrogens is 1. The highest BCUT2D eigenvalue weighted by Gasteiger charge is 2.17. The number of benzene rings is 1. The van der Waals surface area contributed by atoms with Crippen LogP contribution in [0.25, 0.3) is 10.9 Å². The zero-order valence-corrected chi connectivity index (χ0v) is 10.1. The smallest absolute Gasteiger partial charge is 0.354 e. The molecule has 0 aliphatic heterocycles. The SMILES string of the molecule is COC(=O)c1[nH]c2c(C)ccc(Cl)c2c1C. The van der Waals surface area contributed by atoms with E-state index in [4.69, 9.17) is 16.3 Å². The van der Waals surface area contributed by atoms with Crippen LogP contribution in [0.2, 0.25) is 5.02 Å². The maximum Gasteiger partial charge on any atom is 0.354 e. The Labute approximate surface area is 98.4 Å². The van der Waals surface area contributed by atoms with Crippen LogP contribution in [-0.2, 0) is 4.74 Å². The Morgan fingerprint density at radius 3 is 2.62 bits per heavy atom. The van der Waals surface area contributed by atoms with Gasteiger partial charge in [-0.05, 0) is 31.0 Å². The van der Waals surface area contributed by atoms with Gasteiger partial charge in [0.25, 0.3) is 0 Å². The number of esters is 1. The molecule has 1 heterocycles. The molecule has 3 nitrogen and oxygen atoms in total. The summed E-state index contributed by atoms with van der Waals surface area (Å²) in [6.07, 6.45) is 0. The van der Waals surface area contributed by atoms with Gasteiger partial charge in [0.05, 0.1) is 17.6 Å². The molecule has 16 heavy (non-hydrogen) atoms. The van der Waals surface area contributed by atoms with Crippen molar-refractivity contribution >= 4 is 28.5 Å². The van der Waals surface area contributed by atoms with E-state index in [9.17, 15) is 4.79 Å². The van der Waals surface area contributed by atoms with Gasteiger partial charge in [0.15, 0.2) is 0 Å². The first kappa shape index (κ1) is 11.0. The fourth-order valence-corrected chi connectivity index (χ4v) is 2.16. The molecular formula is C12H12ClNO2. The number of aryl methyl sites for hydroxylation is 2. The number of hydrogen-bond donors (Lipinski definition) is 1.